The number of amides is 1. The first kappa shape index (κ1) is 40.8. The highest BCUT2D eigenvalue weighted by Gasteiger charge is 2.46. The molecule has 7 N–H and O–H groups in total. The highest BCUT2D eigenvalue weighted by Crippen LogP contribution is 2.50. The number of ether oxygens (including phenoxy) is 1. The third kappa shape index (κ3) is 11.1. The molecule has 5 rings (SSSR count). The number of aliphatic carboxylic acids is 1. The maximum absolute atomic E-state index is 13.0. The number of halogens is 2. The number of aliphatic hydroxyl groups is 5. The minimum Gasteiger partial charge on any atom is -0.490 e. The molecule has 1 aromatic heterocycles. The molecule has 0 aliphatic heterocycles. The molecule has 0 bridgehead atoms. The van der Waals surface area contributed by atoms with Gasteiger partial charge in [0.25, 0.3) is 0 Å². The van der Waals surface area contributed by atoms with Crippen LogP contribution in [0.3, 0.4) is 0 Å². The van der Waals surface area contributed by atoms with Crippen LogP contribution >= 0.6 is 23.2 Å². The van der Waals surface area contributed by atoms with Gasteiger partial charge in [-0.15, -0.1) is 0 Å². The third-order valence-electron chi connectivity index (χ3n) is 9.91. The lowest BCUT2D eigenvalue weighted by Crippen LogP contribution is -2.50. The van der Waals surface area contributed by atoms with Crippen LogP contribution in [0, 0.1) is 0 Å². The van der Waals surface area contributed by atoms with Gasteiger partial charge in [-0.05, 0) is 97.9 Å². The first-order valence-corrected chi connectivity index (χ1v) is 18.9. The van der Waals surface area contributed by atoms with Crippen LogP contribution < -0.4 is 10.1 Å². The summed E-state index contributed by atoms with van der Waals surface area (Å²) in [6.45, 7) is -0.521. The van der Waals surface area contributed by atoms with Crippen molar-refractivity contribution >= 4 is 35.1 Å². The lowest BCUT2D eigenvalue weighted by Gasteiger charge is -2.30. The van der Waals surface area contributed by atoms with Crippen LogP contribution in [0.25, 0.3) is 11.1 Å². The molecule has 2 fully saturated rings. The molecule has 2 aliphatic rings. The number of para-hydroxylation sites is 1. The van der Waals surface area contributed by atoms with E-state index in [1.165, 1.54) is 4.90 Å². The Kier molecular flexibility index (Phi) is 14.5. The summed E-state index contributed by atoms with van der Waals surface area (Å²) in [5, 5.41) is 63.4. The average molecular weight is 775 g/mol. The first-order chi connectivity index (χ1) is 25.4. The number of hydrogen-bond acceptors (Lipinski definition) is 10. The monoisotopic (exact) mass is 773 g/mol. The van der Waals surface area contributed by atoms with Gasteiger partial charge in [0.1, 0.15) is 30.2 Å². The third-order valence-corrected chi connectivity index (χ3v) is 10.6. The molecule has 12 nitrogen and oxygen atoms in total. The molecule has 2 aliphatic carbocycles. The quantitative estimate of drug-likeness (QED) is 0.0724. The summed E-state index contributed by atoms with van der Waals surface area (Å²) >= 11 is 13.5. The topological polar surface area (TPSA) is 193 Å². The van der Waals surface area contributed by atoms with Crippen LogP contribution in [-0.2, 0) is 28.1 Å². The number of nitrogens with zero attached hydrogens (tertiary/aromatic N) is 2. The zero-order chi connectivity index (χ0) is 38.1. The fourth-order valence-electron chi connectivity index (χ4n) is 6.44. The Morgan fingerprint density at radius 2 is 1.62 bits per heavy atom. The number of aryl methyl sites for hydroxylation is 1. The van der Waals surface area contributed by atoms with Crippen LogP contribution in [-0.4, -0.2) is 103 Å². The van der Waals surface area contributed by atoms with E-state index in [0.717, 1.165) is 59.3 Å². The highest BCUT2D eigenvalue weighted by atomic mass is 35.5. The summed E-state index contributed by atoms with van der Waals surface area (Å²) in [6.07, 6.45) is 2.53. The fraction of sp³-hybridized carbons (Fsp3) is 0.513. The number of pyridine rings is 1. The van der Waals surface area contributed by atoms with Crippen molar-refractivity contribution in [2.75, 3.05) is 19.7 Å². The maximum Gasteiger partial charge on any atom is 0.303 e. The second-order valence-corrected chi connectivity index (χ2v) is 14.9. The molecule has 0 unspecified atom stereocenters. The summed E-state index contributed by atoms with van der Waals surface area (Å²) in [7, 11) is 0. The number of benzene rings is 2. The Bertz CT molecular complexity index is 1700. The van der Waals surface area contributed by atoms with Gasteiger partial charge in [0.2, 0.25) is 5.91 Å². The van der Waals surface area contributed by atoms with E-state index in [1.807, 2.05) is 48.8 Å². The first-order valence-electron chi connectivity index (χ1n) is 18.2. The lowest BCUT2D eigenvalue weighted by molar-refractivity contribution is -0.140. The van der Waals surface area contributed by atoms with Gasteiger partial charge in [0.05, 0.1) is 12.7 Å². The van der Waals surface area contributed by atoms with E-state index in [0.29, 0.717) is 35.9 Å². The predicted octanol–water partition coefficient (Wildman–Crippen LogP) is 4.22. The minimum absolute atomic E-state index is 0.0840. The van der Waals surface area contributed by atoms with E-state index in [-0.39, 0.29) is 44.0 Å². The van der Waals surface area contributed by atoms with Gasteiger partial charge in [0.15, 0.2) is 0 Å². The fourth-order valence-corrected chi connectivity index (χ4v) is 6.97. The van der Waals surface area contributed by atoms with E-state index < -0.39 is 42.9 Å². The minimum atomic E-state index is -1.83. The van der Waals surface area contributed by atoms with E-state index in [4.69, 9.17) is 38.2 Å². The maximum atomic E-state index is 13.0. The van der Waals surface area contributed by atoms with Crippen LogP contribution in [0.2, 0.25) is 10.0 Å². The molecular weight excluding hydrogens is 725 g/mol. The lowest BCUT2D eigenvalue weighted by atomic mass is 9.94. The molecule has 14 heteroatoms. The number of carboxylic acids is 1. The van der Waals surface area contributed by atoms with Gasteiger partial charge in [-0.25, -0.2) is 0 Å². The van der Waals surface area contributed by atoms with Crippen molar-refractivity contribution in [3.05, 3.63) is 81.6 Å². The number of carbonyl (C=O) groups is 2. The van der Waals surface area contributed by atoms with Gasteiger partial charge in [-0.3, -0.25) is 14.6 Å². The summed E-state index contributed by atoms with van der Waals surface area (Å²) in [4.78, 5) is 29.7. The van der Waals surface area contributed by atoms with Gasteiger partial charge >= 0.3 is 5.97 Å². The van der Waals surface area contributed by atoms with Crippen molar-refractivity contribution in [2.45, 2.75) is 107 Å². The van der Waals surface area contributed by atoms with Crippen LogP contribution in [0.4, 0.5) is 0 Å². The molecule has 0 saturated heterocycles. The molecule has 53 heavy (non-hydrogen) atoms. The molecule has 4 atom stereocenters. The average Bonchev–Trinajstić information content (AvgIpc) is 4.10. The largest absolute Gasteiger partial charge is 0.490 e. The smallest absolute Gasteiger partial charge is 0.303 e. The summed E-state index contributed by atoms with van der Waals surface area (Å²) in [5.41, 5.74) is 4.67. The molecule has 1 heterocycles. The zero-order valence-electron chi connectivity index (χ0n) is 29.5. The van der Waals surface area contributed by atoms with E-state index in [9.17, 15) is 30.0 Å². The van der Waals surface area contributed by atoms with Crippen molar-refractivity contribution in [1.29, 1.82) is 0 Å². The number of carbonyl (C=O) groups excluding carboxylic acids is 1. The van der Waals surface area contributed by atoms with Crippen molar-refractivity contribution in [2.24, 2.45) is 0 Å². The highest BCUT2D eigenvalue weighted by molar-refractivity contribution is 6.34. The van der Waals surface area contributed by atoms with E-state index in [1.54, 1.807) is 0 Å². The second kappa shape index (κ2) is 18.8. The molecule has 0 spiro atoms. The van der Waals surface area contributed by atoms with Crippen LogP contribution in [0.15, 0.2) is 54.9 Å². The van der Waals surface area contributed by atoms with Gasteiger partial charge < -0.3 is 45.6 Å². The van der Waals surface area contributed by atoms with Crippen molar-refractivity contribution in [3.8, 4) is 16.9 Å². The Morgan fingerprint density at radius 1 is 0.925 bits per heavy atom. The molecule has 2 aromatic carbocycles. The zero-order valence-corrected chi connectivity index (χ0v) is 31.1. The van der Waals surface area contributed by atoms with Gasteiger partial charge in [-0.2, -0.15) is 0 Å². The summed E-state index contributed by atoms with van der Waals surface area (Å²) < 4.78 is 6.24. The van der Waals surface area contributed by atoms with Crippen molar-refractivity contribution in [3.63, 3.8) is 0 Å². The normalized spacial score (nSPS) is 17.1. The van der Waals surface area contributed by atoms with E-state index >= 15 is 0 Å². The number of unbranched alkanes of at least 4 members (excludes halogenated alkanes) is 1. The van der Waals surface area contributed by atoms with Crippen molar-refractivity contribution in [1.82, 2.24) is 15.2 Å². The van der Waals surface area contributed by atoms with Gasteiger partial charge in [0, 0.05) is 66.0 Å². The number of carboxylic acid groups (broad SMARTS) is 1. The Morgan fingerprint density at radius 3 is 2.32 bits per heavy atom. The van der Waals surface area contributed by atoms with E-state index in [2.05, 4.69) is 16.4 Å². The predicted molar refractivity (Wildman–Crippen MR) is 200 cm³/mol. The Hall–Kier alpha value is -3.33. The molecule has 2 saturated carbocycles. The molecule has 0 radical (unpaired) electrons. The number of aromatic nitrogens is 1. The number of hydrogen-bond donors (Lipinski definition) is 7. The molecule has 1 amide bonds. The molecule has 288 valence electrons. The second-order valence-electron chi connectivity index (χ2n) is 14.0. The summed E-state index contributed by atoms with van der Waals surface area (Å²) in [6, 6.07) is 13.9. The summed E-state index contributed by atoms with van der Waals surface area (Å²) in [5.74, 6) is -0.579. The number of nitrogens with one attached hydrogen (secondary N) is 1. The van der Waals surface area contributed by atoms with Crippen LogP contribution in [0.1, 0.15) is 74.5 Å². The standard InChI is InChI=1S/C39H49Cl2N3O9/c40-30-19-25(20-43-39(14-15-39)29-21-42-16-13-27(29)28-7-1-2-8-34(28)53-26-11-12-26)31(41)18-24(30)6-3-4-17-44(35(48)9-5-10-36(49)50)22-32(46)37(51)38(52)33(47)23-45/h1-2,7-8,13,16,18-19,21,26,32-33,37-38,43,45-47,51-52H,3-6,9-12,14-15,17,20,22-23H2,(H,49,50)/t32-,33+,37+,38+/m0/s1. The Labute approximate surface area is 319 Å². The van der Waals surface area contributed by atoms with Crippen LogP contribution in [0.5, 0.6) is 5.75 Å². The Balaban J connectivity index is 1.18. The molecular formula is C39H49Cl2N3O9. The number of rotatable bonds is 22. The SMILES string of the molecule is O=C(O)CCCC(=O)N(CCCCc1cc(Cl)c(CNC2(c3cnccc3-c3ccccc3OC3CC3)CC2)cc1Cl)C[C@H](O)[C@@H](O)[C@H](O)[C@H](O)CO. The number of aliphatic hydroxyl groups excluding tert-OH is 5. The molecule has 3 aromatic rings. The van der Waals surface area contributed by atoms with Gasteiger partial charge in [-0.1, -0.05) is 41.4 Å². The van der Waals surface area contributed by atoms with Crippen molar-refractivity contribution < 1.29 is 45.0 Å².